The molecule has 0 fully saturated rings. The Kier molecular flexibility index (Phi) is 5.32. The Balaban J connectivity index is 1.57. The van der Waals surface area contributed by atoms with Crippen LogP contribution in [0.3, 0.4) is 0 Å². The third kappa shape index (κ3) is 4.56. The smallest absolute Gasteiger partial charge is 0.338 e. The molecule has 25 heavy (non-hydrogen) atoms. The lowest BCUT2D eigenvalue weighted by atomic mass is 10.0. The average molecular weight is 450 g/mol. The van der Waals surface area contributed by atoms with Crippen LogP contribution in [-0.2, 0) is 20.7 Å². The summed E-state index contributed by atoms with van der Waals surface area (Å²) in [5, 5.41) is 5.43. The van der Waals surface area contributed by atoms with E-state index in [4.69, 9.17) is 4.74 Å². The molecule has 0 saturated carbocycles. The van der Waals surface area contributed by atoms with Crippen molar-refractivity contribution in [3.05, 3.63) is 57.2 Å². The predicted molar refractivity (Wildman–Crippen MR) is 101 cm³/mol. The number of hydrogen-bond donors (Lipinski definition) is 2. The summed E-state index contributed by atoms with van der Waals surface area (Å²) in [6.07, 6.45) is 0.971. The summed E-state index contributed by atoms with van der Waals surface area (Å²) in [5.74, 6) is -1.01. The molecule has 0 unspecified atom stereocenters. The van der Waals surface area contributed by atoms with Crippen molar-refractivity contribution in [3.63, 3.8) is 0 Å². The normalized spacial score (nSPS) is 12.8. The molecule has 2 N–H and O–H groups in total. The van der Waals surface area contributed by atoms with Gasteiger partial charge in [-0.15, -0.1) is 0 Å². The van der Waals surface area contributed by atoms with Crippen molar-refractivity contribution in [2.75, 3.05) is 17.2 Å². The van der Waals surface area contributed by atoms with Crippen LogP contribution in [0.1, 0.15) is 22.3 Å². The van der Waals surface area contributed by atoms with Gasteiger partial charge in [-0.1, -0.05) is 6.07 Å². The lowest BCUT2D eigenvalue weighted by molar-refractivity contribution is -0.119. The first-order valence-electron chi connectivity index (χ1n) is 7.66. The molecule has 2 aromatic carbocycles. The van der Waals surface area contributed by atoms with Gasteiger partial charge >= 0.3 is 5.97 Å². The third-order valence-electron chi connectivity index (χ3n) is 3.68. The van der Waals surface area contributed by atoms with Gasteiger partial charge in [0.15, 0.2) is 6.61 Å². The number of amides is 2. The van der Waals surface area contributed by atoms with Crippen LogP contribution in [0.15, 0.2) is 42.5 Å². The van der Waals surface area contributed by atoms with Crippen molar-refractivity contribution < 1.29 is 19.1 Å². The van der Waals surface area contributed by atoms with E-state index in [1.807, 2.05) is 18.2 Å². The van der Waals surface area contributed by atoms with Gasteiger partial charge in [-0.25, -0.2) is 4.79 Å². The zero-order valence-electron chi connectivity index (χ0n) is 13.2. The van der Waals surface area contributed by atoms with E-state index in [0.29, 0.717) is 29.8 Å². The van der Waals surface area contributed by atoms with Gasteiger partial charge in [0.2, 0.25) is 5.91 Å². The van der Waals surface area contributed by atoms with Gasteiger partial charge in [0.05, 0.1) is 5.56 Å². The Hall–Kier alpha value is -2.42. The van der Waals surface area contributed by atoms with Gasteiger partial charge in [-0.3, -0.25) is 9.59 Å². The Labute approximate surface area is 158 Å². The van der Waals surface area contributed by atoms with Gasteiger partial charge < -0.3 is 15.4 Å². The van der Waals surface area contributed by atoms with Crippen LogP contribution in [0.25, 0.3) is 0 Å². The highest BCUT2D eigenvalue weighted by molar-refractivity contribution is 14.1. The minimum absolute atomic E-state index is 0.0323. The monoisotopic (exact) mass is 450 g/mol. The summed E-state index contributed by atoms with van der Waals surface area (Å²) in [5.41, 5.74) is 2.61. The molecule has 3 rings (SSSR count). The predicted octanol–water partition coefficient (Wildman–Crippen LogP) is 2.97. The van der Waals surface area contributed by atoms with E-state index in [1.54, 1.807) is 24.3 Å². The number of fused-ring (bicyclic) bond motifs is 1. The number of benzene rings is 2. The molecule has 0 aromatic heterocycles. The molecular formula is C18H15IN2O4. The third-order valence-corrected chi connectivity index (χ3v) is 4.35. The topological polar surface area (TPSA) is 84.5 Å². The summed E-state index contributed by atoms with van der Waals surface area (Å²) < 4.78 is 6.06. The van der Waals surface area contributed by atoms with E-state index in [2.05, 4.69) is 33.2 Å². The summed E-state index contributed by atoms with van der Waals surface area (Å²) >= 11 is 2.15. The van der Waals surface area contributed by atoms with Crippen LogP contribution in [-0.4, -0.2) is 24.4 Å². The number of nitrogens with one attached hydrogen (secondary N) is 2. The molecule has 1 aliphatic heterocycles. The fraction of sp³-hybridized carbons (Fsp3) is 0.167. The second-order valence-corrected chi connectivity index (χ2v) is 6.80. The van der Waals surface area contributed by atoms with Crippen molar-refractivity contribution in [2.45, 2.75) is 12.8 Å². The van der Waals surface area contributed by atoms with Crippen LogP contribution in [0.4, 0.5) is 11.4 Å². The maximum Gasteiger partial charge on any atom is 0.338 e. The fourth-order valence-electron chi connectivity index (χ4n) is 2.49. The number of halogens is 1. The SMILES string of the molecule is O=C(COC(=O)c1ccc2c(c1)CCC(=O)N2)Nc1cccc(I)c1. The fourth-order valence-corrected chi connectivity index (χ4v) is 3.03. The van der Waals surface area contributed by atoms with Gasteiger partial charge in [-0.2, -0.15) is 0 Å². The van der Waals surface area contributed by atoms with E-state index in [1.165, 1.54) is 0 Å². The Bertz CT molecular complexity index is 851. The Morgan fingerprint density at radius 1 is 1.16 bits per heavy atom. The minimum atomic E-state index is -0.572. The second-order valence-electron chi connectivity index (χ2n) is 5.55. The number of esters is 1. The van der Waals surface area contributed by atoms with Crippen molar-refractivity contribution in [3.8, 4) is 0 Å². The molecule has 2 aromatic rings. The highest BCUT2D eigenvalue weighted by Crippen LogP contribution is 2.23. The Morgan fingerprint density at radius 3 is 2.80 bits per heavy atom. The van der Waals surface area contributed by atoms with Gasteiger partial charge in [-0.05, 0) is 71.0 Å². The van der Waals surface area contributed by atoms with E-state index in [0.717, 1.165) is 9.13 Å². The maximum atomic E-state index is 12.1. The molecular weight excluding hydrogens is 435 g/mol. The molecule has 0 bridgehead atoms. The molecule has 6 nitrogen and oxygen atoms in total. The quantitative estimate of drug-likeness (QED) is 0.555. The van der Waals surface area contributed by atoms with E-state index >= 15 is 0 Å². The lowest BCUT2D eigenvalue weighted by Crippen LogP contribution is -2.22. The molecule has 0 radical (unpaired) electrons. The van der Waals surface area contributed by atoms with Gasteiger partial charge in [0, 0.05) is 21.4 Å². The zero-order chi connectivity index (χ0) is 17.8. The number of rotatable bonds is 4. The number of carbonyl (C=O) groups is 3. The standard InChI is InChI=1S/C18H15IN2O4/c19-13-2-1-3-14(9-13)20-17(23)10-25-18(24)12-4-6-15-11(8-12)5-7-16(22)21-15/h1-4,6,8-9H,5,7,10H2,(H,20,23)(H,21,22). The number of ether oxygens (including phenoxy) is 1. The van der Waals surface area contributed by atoms with Gasteiger partial charge in [0.25, 0.3) is 5.91 Å². The summed E-state index contributed by atoms with van der Waals surface area (Å²) in [6.45, 7) is -0.363. The van der Waals surface area contributed by atoms with Crippen LogP contribution in [0, 0.1) is 3.57 Å². The molecule has 0 saturated heterocycles. The minimum Gasteiger partial charge on any atom is -0.452 e. The van der Waals surface area contributed by atoms with Gasteiger partial charge in [0.1, 0.15) is 0 Å². The number of hydrogen-bond acceptors (Lipinski definition) is 4. The molecule has 2 amide bonds. The number of carbonyl (C=O) groups excluding carboxylic acids is 3. The van der Waals surface area contributed by atoms with E-state index < -0.39 is 11.9 Å². The van der Waals surface area contributed by atoms with Crippen LogP contribution in [0.5, 0.6) is 0 Å². The molecule has 1 heterocycles. The average Bonchev–Trinajstić information content (AvgIpc) is 2.59. The molecule has 0 atom stereocenters. The number of anilines is 2. The van der Waals surface area contributed by atoms with Crippen LogP contribution in [0.2, 0.25) is 0 Å². The maximum absolute atomic E-state index is 12.1. The summed E-state index contributed by atoms with van der Waals surface area (Å²) in [6, 6.07) is 12.3. The molecule has 0 spiro atoms. The van der Waals surface area contributed by atoms with Crippen molar-refractivity contribution in [1.82, 2.24) is 0 Å². The summed E-state index contributed by atoms with van der Waals surface area (Å²) in [7, 11) is 0. The second kappa shape index (κ2) is 7.64. The Morgan fingerprint density at radius 2 is 2.00 bits per heavy atom. The molecule has 0 aliphatic carbocycles. The number of aryl methyl sites for hydroxylation is 1. The van der Waals surface area contributed by atoms with Crippen LogP contribution >= 0.6 is 22.6 Å². The van der Waals surface area contributed by atoms with E-state index in [-0.39, 0.29) is 12.5 Å². The lowest BCUT2D eigenvalue weighted by Gasteiger charge is -2.17. The largest absolute Gasteiger partial charge is 0.452 e. The first-order chi connectivity index (χ1) is 12.0. The first kappa shape index (κ1) is 17.4. The van der Waals surface area contributed by atoms with Crippen molar-refractivity contribution >= 4 is 51.7 Å². The highest BCUT2D eigenvalue weighted by Gasteiger charge is 2.17. The van der Waals surface area contributed by atoms with Crippen molar-refractivity contribution in [1.29, 1.82) is 0 Å². The first-order valence-corrected chi connectivity index (χ1v) is 8.74. The van der Waals surface area contributed by atoms with Crippen molar-refractivity contribution in [2.24, 2.45) is 0 Å². The van der Waals surface area contributed by atoms with Crippen LogP contribution < -0.4 is 10.6 Å². The zero-order valence-corrected chi connectivity index (χ0v) is 15.3. The summed E-state index contributed by atoms with van der Waals surface area (Å²) in [4.78, 5) is 35.4. The molecule has 7 heteroatoms. The molecule has 1 aliphatic rings. The van der Waals surface area contributed by atoms with E-state index in [9.17, 15) is 14.4 Å². The molecule has 128 valence electrons. The highest BCUT2D eigenvalue weighted by atomic mass is 127.